The number of aromatic nitrogens is 2. The Bertz CT molecular complexity index is 626. The molecule has 0 aliphatic heterocycles. The molecule has 5 heteroatoms. The Hall–Kier alpha value is -1.62. The van der Waals surface area contributed by atoms with E-state index in [9.17, 15) is 0 Å². The van der Waals surface area contributed by atoms with E-state index < -0.39 is 0 Å². The summed E-state index contributed by atoms with van der Waals surface area (Å²) in [5.74, 6) is 2.09. The van der Waals surface area contributed by atoms with Crippen LogP contribution in [0.2, 0.25) is 0 Å². The second kappa shape index (κ2) is 6.89. The number of nitrogens with zero attached hydrogens (tertiary/aromatic N) is 2. The average molecular weight is 349 g/mol. The molecule has 112 valence electrons. The van der Waals surface area contributed by atoms with Gasteiger partial charge in [-0.1, -0.05) is 35.8 Å². The van der Waals surface area contributed by atoms with Gasteiger partial charge in [-0.2, -0.15) is 0 Å². The minimum absolute atomic E-state index is 0.329. The van der Waals surface area contributed by atoms with Crippen molar-refractivity contribution in [2.45, 2.75) is 33.6 Å². The molecule has 0 radical (unpaired) electrons. The van der Waals surface area contributed by atoms with Gasteiger partial charge in [0.05, 0.1) is 0 Å². The summed E-state index contributed by atoms with van der Waals surface area (Å²) in [4.78, 5) is 8.79. The Balaban J connectivity index is 2.43. The molecule has 1 aromatic carbocycles. The smallest absolute Gasteiger partial charge is 0.139 e. The highest BCUT2D eigenvalue weighted by atomic mass is 79.9. The van der Waals surface area contributed by atoms with Gasteiger partial charge < -0.3 is 10.6 Å². The molecule has 1 aromatic heterocycles. The molecular weight excluding hydrogens is 328 g/mol. The molecule has 0 spiro atoms. The van der Waals surface area contributed by atoms with Crippen LogP contribution in [0.1, 0.15) is 37.8 Å². The zero-order valence-corrected chi connectivity index (χ0v) is 14.5. The number of hydrogen-bond acceptors (Lipinski definition) is 4. The molecule has 0 atom stereocenters. The maximum atomic E-state index is 4.43. The first-order chi connectivity index (χ1) is 10.0. The van der Waals surface area contributed by atoms with Crippen molar-refractivity contribution in [1.82, 2.24) is 9.97 Å². The van der Waals surface area contributed by atoms with Gasteiger partial charge in [0.2, 0.25) is 0 Å². The lowest BCUT2D eigenvalue weighted by Gasteiger charge is -2.18. The van der Waals surface area contributed by atoms with Crippen LogP contribution in [0.15, 0.2) is 29.0 Å². The van der Waals surface area contributed by atoms with Gasteiger partial charge in [0.1, 0.15) is 18.0 Å². The third kappa shape index (κ3) is 3.73. The Kier molecular flexibility index (Phi) is 5.17. The van der Waals surface area contributed by atoms with Crippen LogP contribution in [-0.4, -0.2) is 16.5 Å². The summed E-state index contributed by atoms with van der Waals surface area (Å²) in [5, 5.41) is 6.75. The van der Waals surface area contributed by atoms with Crippen LogP contribution >= 0.6 is 15.9 Å². The fourth-order valence-corrected chi connectivity index (χ4v) is 2.57. The quantitative estimate of drug-likeness (QED) is 0.810. The van der Waals surface area contributed by atoms with Gasteiger partial charge in [-0.25, -0.2) is 9.97 Å². The van der Waals surface area contributed by atoms with Gasteiger partial charge in [-0.15, -0.1) is 0 Å². The van der Waals surface area contributed by atoms with Crippen molar-refractivity contribution in [3.63, 3.8) is 0 Å². The standard InChI is InChI=1S/C16H21BrN4/c1-5-18-15-14(10(2)3)16(20-9-19-15)21-13-8-12(17)7-6-11(13)4/h6-10H,5H2,1-4H3,(H2,18,19,20,21). The molecular formula is C16H21BrN4. The highest BCUT2D eigenvalue weighted by molar-refractivity contribution is 9.10. The van der Waals surface area contributed by atoms with Crippen molar-refractivity contribution < 1.29 is 0 Å². The molecule has 0 saturated heterocycles. The van der Waals surface area contributed by atoms with Crippen molar-refractivity contribution in [2.24, 2.45) is 0 Å². The van der Waals surface area contributed by atoms with Crippen LogP contribution < -0.4 is 10.6 Å². The van der Waals surface area contributed by atoms with Crippen LogP contribution in [-0.2, 0) is 0 Å². The van der Waals surface area contributed by atoms with E-state index in [0.29, 0.717) is 5.92 Å². The maximum Gasteiger partial charge on any atom is 0.139 e. The highest BCUT2D eigenvalue weighted by Gasteiger charge is 2.15. The van der Waals surface area contributed by atoms with E-state index in [4.69, 9.17) is 0 Å². The molecule has 0 aliphatic rings. The lowest BCUT2D eigenvalue weighted by Crippen LogP contribution is -2.09. The molecule has 0 fully saturated rings. The van der Waals surface area contributed by atoms with Crippen LogP contribution in [0.4, 0.5) is 17.3 Å². The Morgan fingerprint density at radius 2 is 1.90 bits per heavy atom. The first-order valence-corrected chi connectivity index (χ1v) is 7.94. The predicted octanol–water partition coefficient (Wildman–Crippen LogP) is 4.85. The molecule has 0 amide bonds. The first-order valence-electron chi connectivity index (χ1n) is 7.14. The summed E-state index contributed by atoms with van der Waals surface area (Å²) in [7, 11) is 0. The summed E-state index contributed by atoms with van der Waals surface area (Å²) in [6.07, 6.45) is 1.60. The second-order valence-electron chi connectivity index (χ2n) is 5.25. The minimum atomic E-state index is 0.329. The summed E-state index contributed by atoms with van der Waals surface area (Å²) >= 11 is 3.51. The molecule has 1 heterocycles. The highest BCUT2D eigenvalue weighted by Crippen LogP contribution is 2.31. The van der Waals surface area contributed by atoms with E-state index in [1.165, 1.54) is 5.56 Å². The van der Waals surface area contributed by atoms with Gasteiger partial charge in [0.25, 0.3) is 0 Å². The number of rotatable bonds is 5. The lowest BCUT2D eigenvalue weighted by atomic mass is 10.0. The topological polar surface area (TPSA) is 49.8 Å². The summed E-state index contributed by atoms with van der Waals surface area (Å²) in [5.41, 5.74) is 3.34. The van der Waals surface area contributed by atoms with Crippen molar-refractivity contribution >= 4 is 33.3 Å². The number of halogens is 1. The fourth-order valence-electron chi connectivity index (χ4n) is 2.21. The predicted molar refractivity (Wildman–Crippen MR) is 92.4 cm³/mol. The minimum Gasteiger partial charge on any atom is -0.370 e. The Morgan fingerprint density at radius 1 is 1.19 bits per heavy atom. The van der Waals surface area contributed by atoms with Crippen LogP contribution in [0.25, 0.3) is 0 Å². The fraction of sp³-hybridized carbons (Fsp3) is 0.375. The molecule has 2 aromatic rings. The Morgan fingerprint density at radius 3 is 2.57 bits per heavy atom. The van der Waals surface area contributed by atoms with Crippen LogP contribution in [0.3, 0.4) is 0 Å². The van der Waals surface area contributed by atoms with Crippen molar-refractivity contribution in [3.8, 4) is 0 Å². The van der Waals surface area contributed by atoms with Gasteiger partial charge in [-0.3, -0.25) is 0 Å². The summed E-state index contributed by atoms with van der Waals surface area (Å²) in [6.45, 7) is 9.29. The number of nitrogens with one attached hydrogen (secondary N) is 2. The average Bonchev–Trinajstić information content (AvgIpc) is 2.43. The van der Waals surface area contributed by atoms with E-state index in [1.807, 2.05) is 6.07 Å². The molecule has 2 N–H and O–H groups in total. The monoisotopic (exact) mass is 348 g/mol. The zero-order valence-electron chi connectivity index (χ0n) is 12.9. The second-order valence-corrected chi connectivity index (χ2v) is 6.17. The lowest BCUT2D eigenvalue weighted by molar-refractivity contribution is 0.849. The number of benzene rings is 1. The van der Waals surface area contributed by atoms with Crippen LogP contribution in [0, 0.1) is 6.92 Å². The third-order valence-corrected chi connectivity index (χ3v) is 3.75. The van der Waals surface area contributed by atoms with E-state index in [-0.39, 0.29) is 0 Å². The van der Waals surface area contributed by atoms with Crippen molar-refractivity contribution in [1.29, 1.82) is 0 Å². The molecule has 0 saturated carbocycles. The number of hydrogen-bond donors (Lipinski definition) is 2. The Labute approximate surface area is 134 Å². The summed E-state index contributed by atoms with van der Waals surface area (Å²) < 4.78 is 1.04. The van der Waals surface area contributed by atoms with E-state index in [2.05, 4.69) is 76.4 Å². The molecule has 2 rings (SSSR count). The molecule has 4 nitrogen and oxygen atoms in total. The molecule has 21 heavy (non-hydrogen) atoms. The maximum absolute atomic E-state index is 4.43. The summed E-state index contributed by atoms with van der Waals surface area (Å²) in [6, 6.07) is 6.18. The molecule has 0 bridgehead atoms. The molecule has 0 unspecified atom stereocenters. The zero-order chi connectivity index (χ0) is 15.4. The third-order valence-electron chi connectivity index (χ3n) is 3.26. The molecule has 0 aliphatic carbocycles. The SMILES string of the molecule is CCNc1ncnc(Nc2cc(Br)ccc2C)c1C(C)C. The van der Waals surface area contributed by atoms with Crippen LogP contribution in [0.5, 0.6) is 0 Å². The largest absolute Gasteiger partial charge is 0.370 e. The van der Waals surface area contributed by atoms with Crippen molar-refractivity contribution in [2.75, 3.05) is 17.2 Å². The van der Waals surface area contributed by atoms with E-state index in [1.54, 1.807) is 6.33 Å². The number of anilines is 3. The van der Waals surface area contributed by atoms with Crippen molar-refractivity contribution in [3.05, 3.63) is 40.1 Å². The normalized spacial score (nSPS) is 10.8. The van der Waals surface area contributed by atoms with Gasteiger partial charge >= 0.3 is 0 Å². The first kappa shape index (κ1) is 15.8. The van der Waals surface area contributed by atoms with Gasteiger partial charge in [0.15, 0.2) is 0 Å². The van der Waals surface area contributed by atoms with Gasteiger partial charge in [0, 0.05) is 22.3 Å². The van der Waals surface area contributed by atoms with E-state index >= 15 is 0 Å². The van der Waals surface area contributed by atoms with E-state index in [0.717, 1.165) is 33.9 Å². The van der Waals surface area contributed by atoms with Gasteiger partial charge in [-0.05, 0) is 37.5 Å². The number of aryl methyl sites for hydroxylation is 1.